The number of nitrogens with zero attached hydrogens (tertiary/aromatic N) is 6. The zero-order chi connectivity index (χ0) is 15.1. The molecule has 9 heteroatoms. The fraction of sp³-hybridized carbons (Fsp3) is 0.308. The molecule has 0 aromatic carbocycles. The molecule has 0 radical (unpaired) electrons. The Balaban J connectivity index is 1.78. The van der Waals surface area contributed by atoms with Gasteiger partial charge >= 0.3 is 0 Å². The molecule has 3 aromatic rings. The van der Waals surface area contributed by atoms with Crippen LogP contribution in [0.15, 0.2) is 22.0 Å². The summed E-state index contributed by atoms with van der Waals surface area (Å²) in [6.07, 6.45) is 0.808. The van der Waals surface area contributed by atoms with Crippen molar-refractivity contribution in [2.24, 2.45) is 0 Å². The van der Waals surface area contributed by atoms with Crippen molar-refractivity contribution in [3.63, 3.8) is 0 Å². The van der Waals surface area contributed by atoms with Crippen LogP contribution in [0.1, 0.15) is 22.5 Å². The van der Waals surface area contributed by atoms with E-state index in [9.17, 15) is 4.79 Å². The van der Waals surface area contributed by atoms with Crippen LogP contribution in [-0.2, 0) is 6.54 Å². The first kappa shape index (κ1) is 13.1. The number of anilines is 1. The van der Waals surface area contributed by atoms with Gasteiger partial charge in [0, 0.05) is 13.1 Å². The standard InChI is InChI=1S/C13H12N6O2S/c1-8-10(11(15-21-8)9-4-2-7-22-9)12(20)18-5-3-6-19-13(18)14-16-17-19/h2,4,7H,3,5-6H2,1H3. The molecule has 112 valence electrons. The summed E-state index contributed by atoms with van der Waals surface area (Å²) in [5.41, 5.74) is 1.04. The normalized spacial score (nSPS) is 14.1. The van der Waals surface area contributed by atoms with Crippen LogP contribution in [-0.4, -0.2) is 37.8 Å². The molecule has 0 spiro atoms. The number of carbonyl (C=O) groups is 1. The number of hydrogen-bond acceptors (Lipinski definition) is 7. The maximum Gasteiger partial charge on any atom is 0.266 e. The lowest BCUT2D eigenvalue weighted by Crippen LogP contribution is -2.38. The van der Waals surface area contributed by atoms with E-state index in [0.717, 1.165) is 11.3 Å². The lowest BCUT2D eigenvalue weighted by molar-refractivity contribution is 0.0979. The molecule has 4 rings (SSSR count). The van der Waals surface area contributed by atoms with Crippen LogP contribution in [0.4, 0.5) is 5.95 Å². The second-order valence-electron chi connectivity index (χ2n) is 4.95. The van der Waals surface area contributed by atoms with Gasteiger partial charge in [0.05, 0.1) is 4.88 Å². The average Bonchev–Trinajstić information content (AvgIpc) is 3.25. The summed E-state index contributed by atoms with van der Waals surface area (Å²) in [6.45, 7) is 3.03. The van der Waals surface area contributed by atoms with Crippen molar-refractivity contribution in [1.29, 1.82) is 0 Å². The van der Waals surface area contributed by atoms with Crippen LogP contribution >= 0.6 is 11.3 Å². The van der Waals surface area contributed by atoms with Crippen LogP contribution in [0.5, 0.6) is 0 Å². The predicted octanol–water partition coefficient (Wildman–Crippen LogP) is 1.75. The molecule has 0 bridgehead atoms. The Morgan fingerprint density at radius 2 is 2.32 bits per heavy atom. The zero-order valence-corrected chi connectivity index (χ0v) is 12.6. The molecule has 1 aliphatic rings. The minimum Gasteiger partial charge on any atom is -0.360 e. The molecule has 0 N–H and O–H groups in total. The monoisotopic (exact) mass is 316 g/mol. The highest BCUT2D eigenvalue weighted by atomic mass is 32.1. The summed E-state index contributed by atoms with van der Waals surface area (Å²) >= 11 is 1.52. The molecule has 4 heterocycles. The highest BCUT2D eigenvalue weighted by molar-refractivity contribution is 7.13. The summed E-state index contributed by atoms with van der Waals surface area (Å²) < 4.78 is 6.89. The number of amides is 1. The third kappa shape index (κ3) is 1.93. The van der Waals surface area contributed by atoms with Crippen LogP contribution in [0, 0.1) is 6.92 Å². The van der Waals surface area contributed by atoms with E-state index >= 15 is 0 Å². The molecule has 0 fully saturated rings. The Kier molecular flexibility index (Phi) is 3.00. The largest absolute Gasteiger partial charge is 0.360 e. The van der Waals surface area contributed by atoms with Gasteiger partial charge in [-0.2, -0.15) is 0 Å². The zero-order valence-electron chi connectivity index (χ0n) is 11.8. The highest BCUT2D eigenvalue weighted by Gasteiger charge is 2.31. The molecule has 3 aromatic heterocycles. The van der Waals surface area contributed by atoms with Gasteiger partial charge in [0.15, 0.2) is 0 Å². The van der Waals surface area contributed by atoms with E-state index in [4.69, 9.17) is 4.52 Å². The van der Waals surface area contributed by atoms with Gasteiger partial charge in [-0.3, -0.25) is 9.69 Å². The Hall–Kier alpha value is -2.55. The SMILES string of the molecule is Cc1onc(-c2cccs2)c1C(=O)N1CCCn2nnnc21. The number of tetrazole rings is 1. The van der Waals surface area contributed by atoms with Crippen LogP contribution < -0.4 is 4.90 Å². The van der Waals surface area contributed by atoms with Crippen molar-refractivity contribution in [1.82, 2.24) is 25.4 Å². The van der Waals surface area contributed by atoms with Gasteiger partial charge in [-0.05, 0) is 35.2 Å². The van der Waals surface area contributed by atoms with Gasteiger partial charge in [-0.25, -0.2) is 4.68 Å². The van der Waals surface area contributed by atoms with Crippen molar-refractivity contribution in [3.05, 3.63) is 28.8 Å². The number of carbonyl (C=O) groups excluding carboxylic acids is 1. The summed E-state index contributed by atoms with van der Waals surface area (Å²) in [4.78, 5) is 15.5. The maximum atomic E-state index is 13.0. The van der Waals surface area contributed by atoms with Crippen LogP contribution in [0.2, 0.25) is 0 Å². The van der Waals surface area contributed by atoms with Crippen LogP contribution in [0.25, 0.3) is 10.6 Å². The van der Waals surface area contributed by atoms with E-state index in [0.29, 0.717) is 36.1 Å². The molecule has 0 aliphatic carbocycles. The number of hydrogen-bond donors (Lipinski definition) is 0. The van der Waals surface area contributed by atoms with E-state index in [1.54, 1.807) is 16.5 Å². The van der Waals surface area contributed by atoms with Crippen molar-refractivity contribution in [2.45, 2.75) is 19.9 Å². The van der Waals surface area contributed by atoms with Gasteiger partial charge in [0.2, 0.25) is 0 Å². The van der Waals surface area contributed by atoms with Crippen molar-refractivity contribution in [3.8, 4) is 10.6 Å². The van der Waals surface area contributed by atoms with Crippen molar-refractivity contribution >= 4 is 23.2 Å². The molecular weight excluding hydrogens is 304 g/mol. The molecular formula is C13H12N6O2S. The predicted molar refractivity (Wildman–Crippen MR) is 78.7 cm³/mol. The third-order valence-corrected chi connectivity index (χ3v) is 4.46. The fourth-order valence-corrected chi connectivity index (χ4v) is 3.26. The Morgan fingerprint density at radius 1 is 1.41 bits per heavy atom. The van der Waals surface area contributed by atoms with Crippen LogP contribution in [0.3, 0.4) is 0 Å². The van der Waals surface area contributed by atoms with Gasteiger partial charge < -0.3 is 4.52 Å². The minimum absolute atomic E-state index is 0.182. The number of aryl methyl sites for hydroxylation is 2. The lowest BCUT2D eigenvalue weighted by atomic mass is 10.1. The molecule has 1 aliphatic heterocycles. The summed E-state index contributed by atoms with van der Waals surface area (Å²) in [7, 11) is 0. The Morgan fingerprint density at radius 3 is 3.14 bits per heavy atom. The molecule has 0 saturated carbocycles. The average molecular weight is 316 g/mol. The Bertz CT molecular complexity index is 822. The molecule has 8 nitrogen and oxygen atoms in total. The molecule has 1 amide bonds. The summed E-state index contributed by atoms with van der Waals surface area (Å²) in [5, 5.41) is 17.5. The van der Waals surface area contributed by atoms with E-state index in [1.165, 1.54) is 11.3 Å². The summed E-state index contributed by atoms with van der Waals surface area (Å²) in [6, 6.07) is 3.83. The molecule has 0 saturated heterocycles. The molecule has 22 heavy (non-hydrogen) atoms. The smallest absolute Gasteiger partial charge is 0.266 e. The van der Waals surface area contributed by atoms with Crippen molar-refractivity contribution < 1.29 is 9.32 Å². The lowest BCUT2D eigenvalue weighted by Gasteiger charge is -2.24. The minimum atomic E-state index is -0.182. The topological polar surface area (TPSA) is 89.9 Å². The van der Waals surface area contributed by atoms with Crippen molar-refractivity contribution in [2.75, 3.05) is 11.4 Å². The van der Waals surface area contributed by atoms with E-state index in [1.807, 2.05) is 17.5 Å². The second kappa shape index (κ2) is 5.02. The number of aromatic nitrogens is 5. The van der Waals surface area contributed by atoms with Gasteiger partial charge in [0.1, 0.15) is 17.0 Å². The van der Waals surface area contributed by atoms with Gasteiger partial charge in [-0.15, -0.1) is 11.3 Å². The second-order valence-corrected chi connectivity index (χ2v) is 5.90. The quantitative estimate of drug-likeness (QED) is 0.715. The van der Waals surface area contributed by atoms with E-state index in [2.05, 4.69) is 20.7 Å². The number of rotatable bonds is 2. The summed E-state index contributed by atoms with van der Waals surface area (Å²) in [5.74, 6) is 0.782. The molecule has 0 atom stereocenters. The number of thiophene rings is 1. The first-order valence-corrected chi connectivity index (χ1v) is 7.72. The van der Waals surface area contributed by atoms with Gasteiger partial charge in [-0.1, -0.05) is 16.3 Å². The first-order valence-electron chi connectivity index (χ1n) is 6.84. The van der Waals surface area contributed by atoms with E-state index < -0.39 is 0 Å². The maximum absolute atomic E-state index is 13.0. The third-order valence-electron chi connectivity index (χ3n) is 3.58. The van der Waals surface area contributed by atoms with Gasteiger partial charge in [0.25, 0.3) is 11.9 Å². The Labute approximate surface area is 129 Å². The molecule has 0 unspecified atom stereocenters. The first-order chi connectivity index (χ1) is 10.8. The fourth-order valence-electron chi connectivity index (χ4n) is 2.55. The number of fused-ring (bicyclic) bond motifs is 1. The highest BCUT2D eigenvalue weighted by Crippen LogP contribution is 2.31. The van der Waals surface area contributed by atoms with E-state index in [-0.39, 0.29) is 5.91 Å².